The van der Waals surface area contributed by atoms with Crippen molar-refractivity contribution in [2.45, 2.75) is 64.6 Å². The molecule has 1 amide bonds. The summed E-state index contributed by atoms with van der Waals surface area (Å²) in [6, 6.07) is 7.06. The molecule has 0 aliphatic heterocycles. The first kappa shape index (κ1) is 20.9. The van der Waals surface area contributed by atoms with Crippen molar-refractivity contribution >= 4 is 18.3 Å². The molecule has 0 heterocycles. The van der Waals surface area contributed by atoms with Gasteiger partial charge in [-0.05, 0) is 64.2 Å². The van der Waals surface area contributed by atoms with E-state index in [0.717, 1.165) is 37.5 Å². The number of hydrogen-bond acceptors (Lipinski definition) is 5. The van der Waals surface area contributed by atoms with Crippen LogP contribution >= 0.6 is 0 Å². The number of aldehydes is 1. The lowest BCUT2D eigenvalue weighted by atomic mass is 9.86. The zero-order chi connectivity index (χ0) is 20.0. The van der Waals surface area contributed by atoms with Crippen molar-refractivity contribution in [3.05, 3.63) is 35.4 Å². The average Bonchev–Trinajstić information content (AvgIpc) is 2.64. The van der Waals surface area contributed by atoms with Crippen molar-refractivity contribution < 1.29 is 23.9 Å². The summed E-state index contributed by atoms with van der Waals surface area (Å²) in [5, 5.41) is 0. The minimum Gasteiger partial charge on any atom is -0.465 e. The largest absolute Gasteiger partial charge is 0.465 e. The van der Waals surface area contributed by atoms with Gasteiger partial charge in [-0.15, -0.1) is 0 Å². The number of hydrogen-bond donors (Lipinski definition) is 0. The molecular formula is C21H29NO5. The maximum Gasteiger partial charge on any atom is 0.410 e. The van der Waals surface area contributed by atoms with Crippen molar-refractivity contribution in [2.24, 2.45) is 5.92 Å². The minimum absolute atomic E-state index is 0.0383. The number of carbonyl (C=O) groups is 3. The van der Waals surface area contributed by atoms with Gasteiger partial charge in [0, 0.05) is 18.5 Å². The standard InChI is InChI=1S/C21H29NO5/c1-21(2,3)27-20(25)22(18-11-7-16(14-23)8-12-18)13-15-5-9-17(10-6-15)19(24)26-4/h5-6,9-10,14,16,18H,7-8,11-13H2,1-4H3. The van der Waals surface area contributed by atoms with E-state index in [4.69, 9.17) is 9.47 Å². The van der Waals surface area contributed by atoms with Gasteiger partial charge in [0.05, 0.1) is 12.7 Å². The van der Waals surface area contributed by atoms with Crippen LogP contribution in [0.3, 0.4) is 0 Å². The Morgan fingerprint density at radius 1 is 1.11 bits per heavy atom. The van der Waals surface area contributed by atoms with Crippen molar-refractivity contribution in [1.29, 1.82) is 0 Å². The molecule has 27 heavy (non-hydrogen) atoms. The van der Waals surface area contributed by atoms with Crippen molar-refractivity contribution in [3.63, 3.8) is 0 Å². The van der Waals surface area contributed by atoms with Gasteiger partial charge in [0.2, 0.25) is 0 Å². The van der Waals surface area contributed by atoms with E-state index in [2.05, 4.69) is 0 Å². The Morgan fingerprint density at radius 3 is 2.19 bits per heavy atom. The molecule has 6 heteroatoms. The fourth-order valence-electron chi connectivity index (χ4n) is 3.27. The summed E-state index contributed by atoms with van der Waals surface area (Å²) in [4.78, 5) is 37.1. The van der Waals surface area contributed by atoms with Crippen LogP contribution in [0.5, 0.6) is 0 Å². The van der Waals surface area contributed by atoms with Crippen LogP contribution in [0, 0.1) is 5.92 Å². The molecule has 0 bridgehead atoms. The lowest BCUT2D eigenvalue weighted by molar-refractivity contribution is -0.112. The Labute approximate surface area is 160 Å². The highest BCUT2D eigenvalue weighted by Gasteiger charge is 2.31. The predicted octanol–water partition coefficient (Wildman–Crippen LogP) is 3.97. The Balaban J connectivity index is 2.15. The summed E-state index contributed by atoms with van der Waals surface area (Å²) >= 11 is 0. The van der Waals surface area contributed by atoms with E-state index in [1.165, 1.54) is 7.11 Å². The van der Waals surface area contributed by atoms with E-state index in [9.17, 15) is 14.4 Å². The maximum atomic E-state index is 12.8. The molecule has 1 fully saturated rings. The molecular weight excluding hydrogens is 346 g/mol. The van der Waals surface area contributed by atoms with Gasteiger partial charge in [0.15, 0.2) is 0 Å². The van der Waals surface area contributed by atoms with E-state index in [0.29, 0.717) is 12.1 Å². The molecule has 6 nitrogen and oxygen atoms in total. The summed E-state index contributed by atoms with van der Waals surface area (Å²) in [6.45, 7) is 5.93. The second-order valence-electron chi connectivity index (χ2n) is 8.00. The second kappa shape index (κ2) is 9.02. The zero-order valence-corrected chi connectivity index (χ0v) is 16.6. The molecule has 1 aromatic carbocycles. The third-order valence-corrected chi connectivity index (χ3v) is 4.73. The highest BCUT2D eigenvalue weighted by atomic mass is 16.6. The average molecular weight is 375 g/mol. The van der Waals surface area contributed by atoms with Gasteiger partial charge >= 0.3 is 12.1 Å². The Hall–Kier alpha value is -2.37. The number of carbonyl (C=O) groups excluding carboxylic acids is 3. The molecule has 0 saturated heterocycles. The first-order valence-corrected chi connectivity index (χ1v) is 9.35. The molecule has 0 unspecified atom stereocenters. The van der Waals surface area contributed by atoms with Crippen LogP contribution in [-0.2, 0) is 20.8 Å². The van der Waals surface area contributed by atoms with Crippen LogP contribution in [0.2, 0.25) is 0 Å². The zero-order valence-electron chi connectivity index (χ0n) is 16.6. The number of ether oxygens (including phenoxy) is 2. The highest BCUT2D eigenvalue weighted by Crippen LogP contribution is 2.28. The van der Waals surface area contributed by atoms with Gasteiger partial charge in [-0.3, -0.25) is 0 Å². The summed E-state index contributed by atoms with van der Waals surface area (Å²) in [6.07, 6.45) is 3.79. The van der Waals surface area contributed by atoms with Gasteiger partial charge in [-0.2, -0.15) is 0 Å². The predicted molar refractivity (Wildman–Crippen MR) is 101 cm³/mol. The van der Waals surface area contributed by atoms with Crippen LogP contribution in [0.25, 0.3) is 0 Å². The molecule has 0 atom stereocenters. The van der Waals surface area contributed by atoms with Crippen molar-refractivity contribution in [1.82, 2.24) is 4.90 Å². The normalized spacial score (nSPS) is 19.9. The summed E-state index contributed by atoms with van der Waals surface area (Å²) in [5.41, 5.74) is 0.798. The van der Waals surface area contributed by atoms with Gasteiger partial charge in [0.1, 0.15) is 11.9 Å². The highest BCUT2D eigenvalue weighted by molar-refractivity contribution is 5.89. The molecule has 148 valence electrons. The van der Waals surface area contributed by atoms with Gasteiger partial charge in [-0.25, -0.2) is 9.59 Å². The van der Waals surface area contributed by atoms with E-state index >= 15 is 0 Å². The van der Waals surface area contributed by atoms with Crippen molar-refractivity contribution in [2.75, 3.05) is 7.11 Å². The molecule has 0 N–H and O–H groups in total. The smallest absolute Gasteiger partial charge is 0.410 e. The van der Waals surface area contributed by atoms with Gasteiger partial charge in [0.25, 0.3) is 0 Å². The monoisotopic (exact) mass is 375 g/mol. The molecule has 0 aromatic heterocycles. The van der Waals surface area contributed by atoms with Crippen LogP contribution in [-0.4, -0.2) is 42.0 Å². The fraction of sp³-hybridized carbons (Fsp3) is 0.571. The van der Waals surface area contributed by atoms with E-state index in [1.54, 1.807) is 17.0 Å². The number of methoxy groups -OCH3 is 1. The second-order valence-corrected chi connectivity index (χ2v) is 8.00. The molecule has 0 radical (unpaired) electrons. The minimum atomic E-state index is -0.579. The molecule has 1 aliphatic carbocycles. The Kier molecular flexibility index (Phi) is 6.99. The molecule has 2 rings (SSSR count). The Bertz CT molecular complexity index is 654. The van der Waals surface area contributed by atoms with Crippen LogP contribution in [0.4, 0.5) is 4.79 Å². The third-order valence-electron chi connectivity index (χ3n) is 4.73. The molecule has 1 saturated carbocycles. The maximum absolute atomic E-state index is 12.8. The van der Waals surface area contributed by atoms with E-state index < -0.39 is 11.6 Å². The number of rotatable bonds is 5. The third kappa shape index (κ3) is 6.08. The number of amides is 1. The summed E-state index contributed by atoms with van der Waals surface area (Å²) in [5.74, 6) is -0.307. The summed E-state index contributed by atoms with van der Waals surface area (Å²) in [7, 11) is 1.34. The number of esters is 1. The van der Waals surface area contributed by atoms with Gasteiger partial charge < -0.3 is 19.2 Å². The Morgan fingerprint density at radius 2 is 1.70 bits per heavy atom. The molecule has 1 aliphatic rings. The SMILES string of the molecule is COC(=O)c1ccc(CN(C(=O)OC(C)(C)C)C2CCC(C=O)CC2)cc1. The number of nitrogens with zero attached hydrogens (tertiary/aromatic N) is 1. The topological polar surface area (TPSA) is 72.9 Å². The lowest BCUT2D eigenvalue weighted by Gasteiger charge is -2.36. The van der Waals surface area contributed by atoms with Crippen LogP contribution < -0.4 is 0 Å². The quantitative estimate of drug-likeness (QED) is 0.575. The van der Waals surface area contributed by atoms with E-state index in [-0.39, 0.29) is 18.1 Å². The van der Waals surface area contributed by atoms with Gasteiger partial charge in [-0.1, -0.05) is 12.1 Å². The van der Waals surface area contributed by atoms with E-state index in [1.807, 2.05) is 32.9 Å². The van der Waals surface area contributed by atoms with Crippen LogP contribution in [0.15, 0.2) is 24.3 Å². The summed E-state index contributed by atoms with van der Waals surface area (Å²) < 4.78 is 10.3. The first-order valence-electron chi connectivity index (χ1n) is 9.35. The first-order chi connectivity index (χ1) is 12.7. The molecule has 1 aromatic rings. The van der Waals surface area contributed by atoms with Crippen LogP contribution in [0.1, 0.15) is 62.4 Å². The molecule has 0 spiro atoms. The lowest BCUT2D eigenvalue weighted by Crippen LogP contribution is -2.44. The number of benzene rings is 1. The fourth-order valence-corrected chi connectivity index (χ4v) is 3.27. The van der Waals surface area contributed by atoms with Crippen molar-refractivity contribution in [3.8, 4) is 0 Å².